The average Bonchev–Trinajstić information content (AvgIpc) is 2.79. The zero-order chi connectivity index (χ0) is 29.4. The van der Waals surface area contributed by atoms with Crippen LogP contribution in [-0.4, -0.2) is 105 Å². The summed E-state index contributed by atoms with van der Waals surface area (Å²) in [6.07, 6.45) is 0.508. The summed E-state index contributed by atoms with van der Waals surface area (Å²) in [6.45, 7) is -0.426. The third-order valence-corrected chi connectivity index (χ3v) is 8.99. The zero-order valence-corrected chi connectivity index (χ0v) is 23.0. The van der Waals surface area contributed by atoms with E-state index in [-0.39, 0.29) is 18.4 Å². The fourth-order valence-corrected chi connectivity index (χ4v) is 7.26. The number of carbonyl (C=O) groups is 5. The van der Waals surface area contributed by atoms with Gasteiger partial charge in [0.15, 0.2) is 34.7 Å². The molecule has 0 bridgehead atoms. The number of likely N-dealkylation sites (N-methyl/N-ethyl adjacent to an activating group) is 1. The number of Topliss-reactive ketones (excluding diaryl/α,β-unsaturated/α-hetero) is 4. The Balaban J connectivity index is 2.02. The second kappa shape index (κ2) is 9.18. The molecule has 6 atom stereocenters. The van der Waals surface area contributed by atoms with Crippen molar-refractivity contribution >= 4 is 44.8 Å². The van der Waals surface area contributed by atoms with Gasteiger partial charge in [0.05, 0.1) is 23.8 Å². The van der Waals surface area contributed by atoms with Crippen molar-refractivity contribution in [2.45, 2.75) is 24.5 Å². The molecule has 0 saturated heterocycles. The lowest BCUT2D eigenvalue weighted by Crippen LogP contribution is -2.76. The monoisotopic (exact) mass is 564 g/mol. The van der Waals surface area contributed by atoms with E-state index in [0.717, 1.165) is 6.26 Å². The van der Waals surface area contributed by atoms with Gasteiger partial charge in [0.2, 0.25) is 15.9 Å². The Morgan fingerprint density at radius 2 is 1.74 bits per heavy atom. The number of aromatic hydroxyl groups is 1. The number of hydrogen-bond acceptors (Lipinski definition) is 11. The minimum Gasteiger partial charge on any atom is -0.507 e. The number of benzene rings is 1. The van der Waals surface area contributed by atoms with E-state index < -0.39 is 86.2 Å². The van der Waals surface area contributed by atoms with E-state index in [1.807, 2.05) is 0 Å². The molecule has 4 rings (SSSR count). The highest BCUT2D eigenvalue weighted by Crippen LogP contribution is 2.57. The Bertz CT molecular complexity index is 1420. The van der Waals surface area contributed by atoms with Crippen molar-refractivity contribution < 1.29 is 42.6 Å². The van der Waals surface area contributed by atoms with Gasteiger partial charge >= 0.3 is 0 Å². The maximum absolute atomic E-state index is 14.2. The van der Waals surface area contributed by atoms with Crippen LogP contribution in [0.2, 0.25) is 0 Å². The number of nitrogens with two attached hydrogens (primary N) is 1. The molecule has 5 N–H and O–H groups in total. The number of anilines is 1. The number of fused-ring (bicyclic) bond motifs is 3. The molecule has 0 heterocycles. The third kappa shape index (κ3) is 4.17. The number of nitrogens with one attached hydrogen (secondary N) is 1. The lowest BCUT2D eigenvalue weighted by molar-refractivity contribution is -0.185. The molecule has 1 amide bonds. The molecule has 3 aliphatic carbocycles. The van der Waals surface area contributed by atoms with Crippen molar-refractivity contribution in [2.75, 3.05) is 45.9 Å². The van der Waals surface area contributed by atoms with Gasteiger partial charge in [0.25, 0.3) is 0 Å². The number of sulfonamides is 1. The first-order valence-corrected chi connectivity index (χ1v) is 14.1. The maximum atomic E-state index is 14.2. The number of ketones is 4. The molecule has 212 valence electrons. The first-order chi connectivity index (χ1) is 17.9. The van der Waals surface area contributed by atoms with Gasteiger partial charge in [0, 0.05) is 37.7 Å². The predicted molar refractivity (Wildman–Crippen MR) is 137 cm³/mol. The topological polar surface area (TPSA) is 204 Å². The van der Waals surface area contributed by atoms with E-state index in [9.17, 15) is 42.6 Å². The van der Waals surface area contributed by atoms with Crippen molar-refractivity contribution in [3.63, 3.8) is 0 Å². The smallest absolute Gasteiger partial charge is 0.235 e. The van der Waals surface area contributed by atoms with Crippen LogP contribution in [0.4, 0.5) is 5.69 Å². The van der Waals surface area contributed by atoms with Crippen LogP contribution in [0.1, 0.15) is 22.3 Å². The minimum absolute atomic E-state index is 0.0940. The molecule has 0 spiro atoms. The summed E-state index contributed by atoms with van der Waals surface area (Å²) in [5, 5.41) is 22.5. The molecular formula is C25H32N4O9S. The largest absolute Gasteiger partial charge is 0.507 e. The molecule has 1 aromatic carbocycles. The molecule has 1 aromatic rings. The number of phenolic OH excluding ortho intramolecular Hbond substituents is 1. The molecule has 39 heavy (non-hydrogen) atoms. The molecule has 0 radical (unpaired) electrons. The summed E-state index contributed by atoms with van der Waals surface area (Å²) in [7, 11) is 2.52. The van der Waals surface area contributed by atoms with Gasteiger partial charge < -0.3 is 20.8 Å². The van der Waals surface area contributed by atoms with Crippen LogP contribution in [0.25, 0.3) is 0 Å². The maximum Gasteiger partial charge on any atom is 0.235 e. The number of phenols is 1. The Labute approximate surface area is 225 Å². The fraction of sp³-hybridized carbons (Fsp3) is 0.560. The summed E-state index contributed by atoms with van der Waals surface area (Å²) in [5.74, 6) is -11.5. The van der Waals surface area contributed by atoms with Crippen LogP contribution in [0, 0.1) is 23.2 Å². The summed E-state index contributed by atoms with van der Waals surface area (Å²) >= 11 is 0. The molecule has 2 saturated carbocycles. The van der Waals surface area contributed by atoms with Crippen molar-refractivity contribution in [1.82, 2.24) is 9.62 Å². The van der Waals surface area contributed by atoms with Crippen molar-refractivity contribution in [3.8, 4) is 5.75 Å². The van der Waals surface area contributed by atoms with Crippen LogP contribution in [0.3, 0.4) is 0 Å². The molecule has 2 unspecified atom stereocenters. The van der Waals surface area contributed by atoms with E-state index in [1.54, 1.807) is 25.1 Å². The average molecular weight is 565 g/mol. The Morgan fingerprint density at radius 1 is 1.13 bits per heavy atom. The Kier molecular flexibility index (Phi) is 6.78. The standard InChI is InChI=1S/C25H32N4O9S/c1-28(2)13-6-7-14(30)15-11(13)8-24(10-27-39(5,37)38)9-12-18(29(3)4)20(32)16(23(26)35)21(33)25(12,36)22(34)17(24)19(15)31/h6-7,12,16-18,27,30,36H,8-10H2,1-5H3,(H2,26,35)/t12-,16?,17?,18-,24-,25+/m0/s1. The third-order valence-electron chi connectivity index (χ3n) is 8.32. The van der Waals surface area contributed by atoms with Gasteiger partial charge in [-0.3, -0.25) is 28.9 Å². The first-order valence-electron chi connectivity index (χ1n) is 12.2. The molecule has 13 nitrogen and oxygen atoms in total. The Hall–Kier alpha value is -3.20. The number of hydrogen-bond donors (Lipinski definition) is 4. The summed E-state index contributed by atoms with van der Waals surface area (Å²) in [5.41, 5.74) is 1.62. The highest BCUT2D eigenvalue weighted by Gasteiger charge is 2.72. The van der Waals surface area contributed by atoms with Crippen molar-refractivity contribution in [3.05, 3.63) is 23.3 Å². The van der Waals surface area contributed by atoms with Crippen LogP contribution < -0.4 is 15.4 Å². The van der Waals surface area contributed by atoms with Gasteiger partial charge in [-0.05, 0) is 44.6 Å². The molecule has 3 aliphatic rings. The predicted octanol–water partition coefficient (Wildman–Crippen LogP) is -2.15. The van der Waals surface area contributed by atoms with E-state index in [4.69, 9.17) is 5.73 Å². The van der Waals surface area contributed by atoms with E-state index in [2.05, 4.69) is 4.72 Å². The normalized spacial score (nSPS) is 32.5. The zero-order valence-electron chi connectivity index (χ0n) is 22.2. The second-order valence-corrected chi connectivity index (χ2v) is 13.1. The van der Waals surface area contributed by atoms with E-state index in [0.29, 0.717) is 11.3 Å². The van der Waals surface area contributed by atoms with Gasteiger partial charge in [-0.15, -0.1) is 0 Å². The highest BCUT2D eigenvalue weighted by molar-refractivity contribution is 7.88. The Morgan fingerprint density at radius 3 is 2.26 bits per heavy atom. The van der Waals surface area contributed by atoms with E-state index >= 15 is 0 Å². The van der Waals surface area contributed by atoms with Gasteiger partial charge in [0.1, 0.15) is 5.75 Å². The van der Waals surface area contributed by atoms with Crippen LogP contribution in [-0.2, 0) is 35.6 Å². The van der Waals surface area contributed by atoms with Gasteiger partial charge in [-0.1, -0.05) is 0 Å². The lowest BCUT2D eigenvalue weighted by Gasteiger charge is -2.57. The molecule has 14 heteroatoms. The molecule has 0 aliphatic heterocycles. The summed E-state index contributed by atoms with van der Waals surface area (Å²) in [4.78, 5) is 70.3. The number of rotatable bonds is 6. The number of primary amides is 1. The molecule has 0 aromatic heterocycles. The quantitative estimate of drug-likeness (QED) is 0.274. The summed E-state index contributed by atoms with van der Waals surface area (Å²) in [6, 6.07) is 1.54. The van der Waals surface area contributed by atoms with Crippen molar-refractivity contribution in [1.29, 1.82) is 0 Å². The number of amides is 1. The van der Waals surface area contributed by atoms with Gasteiger partial charge in [-0.2, -0.15) is 0 Å². The highest BCUT2D eigenvalue weighted by atomic mass is 32.2. The summed E-state index contributed by atoms with van der Waals surface area (Å²) < 4.78 is 26.7. The van der Waals surface area contributed by atoms with Gasteiger partial charge in [-0.25, -0.2) is 13.1 Å². The SMILES string of the molecule is CN(C)c1ccc(O)c2c1C[C@@]1(CNS(C)(=O)=O)C[C@H]3[C@H](N(C)C)C(=O)C(C(N)=O)C(=O)[C@@]3(O)C(=O)C1C2=O. The number of nitrogens with zero attached hydrogens (tertiary/aromatic N) is 2. The lowest BCUT2D eigenvalue weighted by atomic mass is 9.47. The fourth-order valence-electron chi connectivity index (χ4n) is 6.71. The van der Waals surface area contributed by atoms with E-state index in [1.165, 1.54) is 25.1 Å². The second-order valence-electron chi connectivity index (χ2n) is 11.2. The van der Waals surface area contributed by atoms with Crippen molar-refractivity contribution in [2.24, 2.45) is 28.9 Å². The van der Waals surface area contributed by atoms with Crippen LogP contribution in [0.5, 0.6) is 5.75 Å². The number of carbonyl (C=O) groups excluding carboxylic acids is 5. The van der Waals surface area contributed by atoms with Crippen LogP contribution >= 0.6 is 0 Å². The first kappa shape index (κ1) is 28.8. The van der Waals surface area contributed by atoms with Crippen LogP contribution in [0.15, 0.2) is 12.1 Å². The minimum atomic E-state index is -3.84. The number of aliphatic hydroxyl groups is 1. The molecule has 2 fully saturated rings. The molecular weight excluding hydrogens is 532 g/mol.